The van der Waals surface area contributed by atoms with Crippen LogP contribution in [0, 0.1) is 5.92 Å². The van der Waals surface area contributed by atoms with Crippen LogP contribution in [0.25, 0.3) is 0 Å². The van der Waals surface area contributed by atoms with Crippen molar-refractivity contribution in [3.63, 3.8) is 0 Å². The number of aliphatic hydroxyl groups is 1. The van der Waals surface area contributed by atoms with Crippen molar-refractivity contribution >= 4 is 17.2 Å². The van der Waals surface area contributed by atoms with Crippen LogP contribution in [0.4, 0.5) is 0 Å². The minimum Gasteiger partial charge on any atom is -0.393 e. The molecule has 0 aliphatic heterocycles. The molecule has 0 spiro atoms. The van der Waals surface area contributed by atoms with E-state index >= 15 is 0 Å². The zero-order chi connectivity index (χ0) is 10.7. The van der Waals surface area contributed by atoms with E-state index in [-0.39, 0.29) is 12.1 Å². The van der Waals surface area contributed by atoms with E-state index in [1.54, 1.807) is 0 Å². The van der Waals surface area contributed by atoms with Crippen molar-refractivity contribution in [3.05, 3.63) is 0 Å². The maximum atomic E-state index is 9.17. The molecule has 1 fully saturated rings. The Labute approximate surface area is 91.3 Å². The van der Waals surface area contributed by atoms with Crippen molar-refractivity contribution < 1.29 is 5.11 Å². The standard InChI is InChI=1S/C10H20N2OS/c1-3-9(10(11)14)12(2)6-7-4-8(13)5-7/h7-9,13H,3-6H2,1-2H3,(H2,11,14). The fourth-order valence-electron chi connectivity index (χ4n) is 2.11. The minimum atomic E-state index is -0.0710. The maximum Gasteiger partial charge on any atom is 0.0901 e. The molecule has 1 aliphatic carbocycles. The van der Waals surface area contributed by atoms with Gasteiger partial charge in [0.1, 0.15) is 0 Å². The highest BCUT2D eigenvalue weighted by molar-refractivity contribution is 7.80. The number of nitrogens with zero attached hydrogens (tertiary/aromatic N) is 1. The summed E-state index contributed by atoms with van der Waals surface area (Å²) in [6.07, 6.45) is 2.75. The number of thiocarbonyl (C=S) groups is 1. The summed E-state index contributed by atoms with van der Waals surface area (Å²) in [6.45, 7) is 3.09. The van der Waals surface area contributed by atoms with Gasteiger partial charge in [-0.2, -0.15) is 0 Å². The SMILES string of the molecule is CCC(C(N)=S)N(C)CC1CC(O)C1. The molecule has 0 saturated heterocycles. The first kappa shape index (κ1) is 11.9. The number of hydrogen-bond donors (Lipinski definition) is 2. The zero-order valence-electron chi connectivity index (χ0n) is 8.94. The molecule has 0 aromatic carbocycles. The van der Waals surface area contributed by atoms with Gasteiger partial charge in [-0.25, -0.2) is 0 Å². The van der Waals surface area contributed by atoms with Gasteiger partial charge in [0.05, 0.1) is 17.1 Å². The summed E-state index contributed by atoms with van der Waals surface area (Å²) in [6, 6.07) is 0.211. The number of hydrogen-bond acceptors (Lipinski definition) is 3. The molecular formula is C10H20N2OS. The third-order valence-electron chi connectivity index (χ3n) is 3.00. The number of aliphatic hydroxyl groups excluding tert-OH is 1. The molecule has 1 rings (SSSR count). The Morgan fingerprint density at radius 2 is 2.21 bits per heavy atom. The van der Waals surface area contributed by atoms with Crippen molar-refractivity contribution in [2.45, 2.75) is 38.3 Å². The van der Waals surface area contributed by atoms with E-state index in [1.807, 2.05) is 0 Å². The van der Waals surface area contributed by atoms with E-state index in [9.17, 15) is 0 Å². The van der Waals surface area contributed by atoms with Crippen LogP contribution >= 0.6 is 12.2 Å². The van der Waals surface area contributed by atoms with Gasteiger partial charge in [0.15, 0.2) is 0 Å². The molecule has 14 heavy (non-hydrogen) atoms. The Balaban J connectivity index is 2.32. The summed E-state index contributed by atoms with van der Waals surface area (Å²) in [5.74, 6) is 0.624. The van der Waals surface area contributed by atoms with E-state index < -0.39 is 0 Å². The van der Waals surface area contributed by atoms with Crippen LogP contribution in [0.3, 0.4) is 0 Å². The quantitative estimate of drug-likeness (QED) is 0.666. The van der Waals surface area contributed by atoms with Gasteiger partial charge in [-0.3, -0.25) is 4.90 Å². The van der Waals surface area contributed by atoms with Gasteiger partial charge in [-0.05, 0) is 32.2 Å². The van der Waals surface area contributed by atoms with Crippen LogP contribution in [-0.2, 0) is 0 Å². The average molecular weight is 216 g/mol. The molecule has 0 bridgehead atoms. The minimum absolute atomic E-state index is 0.0710. The van der Waals surface area contributed by atoms with Crippen molar-refractivity contribution in [3.8, 4) is 0 Å². The van der Waals surface area contributed by atoms with E-state index in [2.05, 4.69) is 18.9 Å². The lowest BCUT2D eigenvalue weighted by Crippen LogP contribution is -2.46. The van der Waals surface area contributed by atoms with Crippen molar-refractivity contribution in [2.24, 2.45) is 11.7 Å². The molecule has 1 aliphatic rings. The van der Waals surface area contributed by atoms with Crippen molar-refractivity contribution in [1.82, 2.24) is 4.90 Å². The van der Waals surface area contributed by atoms with Gasteiger partial charge in [0.25, 0.3) is 0 Å². The Kier molecular flexibility index (Phi) is 4.29. The topological polar surface area (TPSA) is 49.5 Å². The first-order chi connectivity index (χ1) is 6.54. The molecule has 0 aromatic rings. The van der Waals surface area contributed by atoms with Gasteiger partial charge in [-0.15, -0.1) is 0 Å². The highest BCUT2D eigenvalue weighted by atomic mass is 32.1. The monoisotopic (exact) mass is 216 g/mol. The smallest absolute Gasteiger partial charge is 0.0901 e. The van der Waals surface area contributed by atoms with Crippen molar-refractivity contribution in [1.29, 1.82) is 0 Å². The summed E-state index contributed by atoms with van der Waals surface area (Å²) >= 11 is 5.01. The summed E-state index contributed by atoms with van der Waals surface area (Å²) in [5, 5.41) is 9.17. The normalized spacial score (nSPS) is 28.6. The van der Waals surface area contributed by atoms with Crippen LogP contribution in [0.5, 0.6) is 0 Å². The molecule has 0 radical (unpaired) electrons. The lowest BCUT2D eigenvalue weighted by Gasteiger charge is -2.37. The average Bonchev–Trinajstić information content (AvgIpc) is 2.01. The summed E-state index contributed by atoms with van der Waals surface area (Å²) in [5.41, 5.74) is 5.65. The van der Waals surface area contributed by atoms with Gasteiger partial charge < -0.3 is 10.8 Å². The molecule has 3 N–H and O–H groups in total. The molecule has 1 unspecified atom stereocenters. The van der Waals surface area contributed by atoms with Gasteiger partial charge >= 0.3 is 0 Å². The largest absolute Gasteiger partial charge is 0.393 e. The number of nitrogens with two attached hydrogens (primary N) is 1. The Morgan fingerprint density at radius 1 is 1.64 bits per heavy atom. The first-order valence-electron chi connectivity index (χ1n) is 5.22. The van der Waals surface area contributed by atoms with E-state index in [0.717, 1.165) is 25.8 Å². The lowest BCUT2D eigenvalue weighted by atomic mass is 9.82. The fourth-order valence-corrected chi connectivity index (χ4v) is 2.46. The van der Waals surface area contributed by atoms with Crippen LogP contribution in [-0.4, -0.2) is 40.7 Å². The third kappa shape index (κ3) is 2.90. The molecule has 3 nitrogen and oxygen atoms in total. The molecule has 82 valence electrons. The Morgan fingerprint density at radius 3 is 2.57 bits per heavy atom. The number of likely N-dealkylation sites (N-methyl/N-ethyl adjacent to an activating group) is 1. The van der Waals surface area contributed by atoms with Crippen LogP contribution < -0.4 is 5.73 Å². The predicted molar refractivity (Wildman–Crippen MR) is 62.2 cm³/mol. The van der Waals surface area contributed by atoms with Crippen LogP contribution in [0.2, 0.25) is 0 Å². The fraction of sp³-hybridized carbons (Fsp3) is 0.900. The molecule has 0 amide bonds. The Hall–Kier alpha value is -0.190. The second-order valence-electron chi connectivity index (χ2n) is 4.26. The van der Waals surface area contributed by atoms with Gasteiger partial charge in [-0.1, -0.05) is 19.1 Å². The first-order valence-corrected chi connectivity index (χ1v) is 5.63. The second-order valence-corrected chi connectivity index (χ2v) is 4.73. The zero-order valence-corrected chi connectivity index (χ0v) is 9.76. The molecule has 0 aromatic heterocycles. The molecular weight excluding hydrogens is 196 g/mol. The summed E-state index contributed by atoms with van der Waals surface area (Å²) < 4.78 is 0. The number of rotatable bonds is 5. The van der Waals surface area contributed by atoms with E-state index in [4.69, 9.17) is 23.1 Å². The lowest BCUT2D eigenvalue weighted by molar-refractivity contribution is 0.0258. The predicted octanol–water partition coefficient (Wildman–Crippen LogP) is 0.754. The van der Waals surface area contributed by atoms with Gasteiger partial charge in [0, 0.05) is 6.54 Å². The molecule has 0 heterocycles. The second kappa shape index (κ2) is 5.05. The molecule has 4 heteroatoms. The summed E-state index contributed by atoms with van der Waals surface area (Å²) in [4.78, 5) is 2.79. The van der Waals surface area contributed by atoms with E-state index in [1.165, 1.54) is 0 Å². The highest BCUT2D eigenvalue weighted by Crippen LogP contribution is 2.28. The third-order valence-corrected chi connectivity index (χ3v) is 3.28. The Bertz CT molecular complexity index is 204. The highest BCUT2D eigenvalue weighted by Gasteiger charge is 2.29. The van der Waals surface area contributed by atoms with Crippen LogP contribution in [0.15, 0.2) is 0 Å². The molecule has 1 saturated carbocycles. The summed E-state index contributed by atoms with van der Waals surface area (Å²) in [7, 11) is 2.05. The van der Waals surface area contributed by atoms with Crippen molar-refractivity contribution in [2.75, 3.05) is 13.6 Å². The maximum absolute atomic E-state index is 9.17. The molecule has 1 atom stereocenters. The van der Waals surface area contributed by atoms with Gasteiger partial charge in [0.2, 0.25) is 0 Å². The van der Waals surface area contributed by atoms with Crippen LogP contribution in [0.1, 0.15) is 26.2 Å². The van der Waals surface area contributed by atoms with E-state index in [0.29, 0.717) is 10.9 Å².